The maximum atomic E-state index is 5.76. The third-order valence-electron chi connectivity index (χ3n) is 3.85. The second kappa shape index (κ2) is 8.84. The molecule has 1 N–H and O–H groups in total. The lowest BCUT2D eigenvalue weighted by Gasteiger charge is -2.12. The maximum absolute atomic E-state index is 5.76. The average molecular weight is 353 g/mol. The molecule has 0 atom stereocenters. The van der Waals surface area contributed by atoms with Gasteiger partial charge in [0.25, 0.3) is 0 Å². The molecular weight excluding hydrogens is 330 g/mol. The first-order valence-corrected chi connectivity index (χ1v) is 8.66. The molecule has 0 bridgehead atoms. The summed E-state index contributed by atoms with van der Waals surface area (Å²) < 4.78 is 12.9. The molecule has 136 valence electrons. The number of methoxy groups -OCH3 is 1. The molecule has 0 aliphatic rings. The first-order chi connectivity index (χ1) is 12.8. The maximum Gasteiger partial charge on any atom is 0.242 e. The monoisotopic (exact) mass is 353 g/mol. The molecule has 2 aromatic heterocycles. The Morgan fingerprint density at radius 3 is 2.73 bits per heavy atom. The van der Waals surface area contributed by atoms with Crippen molar-refractivity contribution in [1.82, 2.24) is 19.7 Å². The Morgan fingerprint density at radius 2 is 1.96 bits per heavy atom. The zero-order chi connectivity index (χ0) is 18.2. The van der Waals surface area contributed by atoms with E-state index in [2.05, 4.69) is 27.3 Å². The smallest absolute Gasteiger partial charge is 0.242 e. The Hall–Kier alpha value is -3.09. The van der Waals surface area contributed by atoms with E-state index >= 15 is 0 Å². The number of pyridine rings is 1. The van der Waals surface area contributed by atoms with Gasteiger partial charge in [-0.15, -0.1) is 5.10 Å². The van der Waals surface area contributed by atoms with Gasteiger partial charge in [0.2, 0.25) is 5.95 Å². The van der Waals surface area contributed by atoms with Crippen LogP contribution in [0.25, 0.3) is 5.69 Å². The van der Waals surface area contributed by atoms with Gasteiger partial charge in [-0.25, -0.2) is 9.67 Å². The number of nitrogens with one attached hydrogen (secondary N) is 1. The number of ether oxygens (including phenoxy) is 2. The SMILES string of the molecule is CCCCOc1ccc(CNc2ncn(-c3ccncc3)n2)cc1OC. The van der Waals surface area contributed by atoms with Crippen LogP contribution in [0.1, 0.15) is 25.3 Å². The van der Waals surface area contributed by atoms with Crippen LogP contribution >= 0.6 is 0 Å². The number of unbranched alkanes of at least 4 members (excludes halogenated alkanes) is 1. The number of anilines is 1. The van der Waals surface area contributed by atoms with Crippen LogP contribution in [0.3, 0.4) is 0 Å². The predicted molar refractivity (Wildman–Crippen MR) is 99.9 cm³/mol. The summed E-state index contributed by atoms with van der Waals surface area (Å²) in [6.07, 6.45) is 7.24. The fraction of sp³-hybridized carbons (Fsp3) is 0.316. The lowest BCUT2D eigenvalue weighted by atomic mass is 10.2. The lowest BCUT2D eigenvalue weighted by Crippen LogP contribution is -2.04. The van der Waals surface area contributed by atoms with Crippen molar-refractivity contribution >= 4 is 5.95 Å². The van der Waals surface area contributed by atoms with Crippen LogP contribution in [0, 0.1) is 0 Å². The van der Waals surface area contributed by atoms with E-state index in [-0.39, 0.29) is 0 Å². The normalized spacial score (nSPS) is 10.5. The summed E-state index contributed by atoms with van der Waals surface area (Å²) in [6, 6.07) is 9.67. The molecule has 0 aliphatic carbocycles. The van der Waals surface area contributed by atoms with Crippen molar-refractivity contribution in [2.45, 2.75) is 26.3 Å². The largest absolute Gasteiger partial charge is 0.493 e. The molecule has 1 aromatic carbocycles. The topological polar surface area (TPSA) is 74.1 Å². The van der Waals surface area contributed by atoms with Crippen LogP contribution in [0.2, 0.25) is 0 Å². The van der Waals surface area contributed by atoms with Crippen LogP contribution in [-0.2, 0) is 6.54 Å². The fourth-order valence-electron chi connectivity index (χ4n) is 2.41. The van der Waals surface area contributed by atoms with Gasteiger partial charge < -0.3 is 14.8 Å². The number of nitrogens with zero attached hydrogens (tertiary/aromatic N) is 4. The minimum absolute atomic E-state index is 0.559. The molecule has 7 nitrogen and oxygen atoms in total. The number of benzene rings is 1. The van der Waals surface area contributed by atoms with Gasteiger partial charge in [0.1, 0.15) is 6.33 Å². The zero-order valence-corrected chi connectivity index (χ0v) is 15.1. The lowest BCUT2D eigenvalue weighted by molar-refractivity contribution is 0.288. The minimum atomic E-state index is 0.559. The first kappa shape index (κ1) is 17.7. The van der Waals surface area contributed by atoms with E-state index in [4.69, 9.17) is 9.47 Å². The molecule has 0 fully saturated rings. The van der Waals surface area contributed by atoms with Gasteiger partial charge >= 0.3 is 0 Å². The summed E-state index contributed by atoms with van der Waals surface area (Å²) in [5.41, 5.74) is 1.97. The minimum Gasteiger partial charge on any atom is -0.493 e. The third-order valence-corrected chi connectivity index (χ3v) is 3.85. The van der Waals surface area contributed by atoms with Crippen molar-refractivity contribution in [3.05, 3.63) is 54.6 Å². The van der Waals surface area contributed by atoms with E-state index in [1.165, 1.54) is 0 Å². The van der Waals surface area contributed by atoms with E-state index in [0.717, 1.165) is 35.6 Å². The molecular formula is C19H23N5O2. The first-order valence-electron chi connectivity index (χ1n) is 8.66. The van der Waals surface area contributed by atoms with Crippen LogP contribution in [0.4, 0.5) is 5.95 Å². The molecule has 0 aliphatic heterocycles. The van der Waals surface area contributed by atoms with Gasteiger partial charge in [0.15, 0.2) is 11.5 Å². The molecule has 0 spiro atoms. The molecule has 26 heavy (non-hydrogen) atoms. The van der Waals surface area contributed by atoms with Crippen molar-refractivity contribution in [3.63, 3.8) is 0 Å². The Balaban J connectivity index is 1.62. The highest BCUT2D eigenvalue weighted by atomic mass is 16.5. The van der Waals surface area contributed by atoms with Gasteiger partial charge in [0, 0.05) is 18.9 Å². The van der Waals surface area contributed by atoms with E-state index in [0.29, 0.717) is 19.1 Å². The van der Waals surface area contributed by atoms with Crippen LogP contribution in [0.15, 0.2) is 49.1 Å². The van der Waals surface area contributed by atoms with E-state index in [1.54, 1.807) is 30.5 Å². The van der Waals surface area contributed by atoms with Gasteiger partial charge in [0.05, 0.1) is 19.4 Å². The number of rotatable bonds is 9. The molecule has 3 rings (SSSR count). The number of aromatic nitrogens is 4. The van der Waals surface area contributed by atoms with Crippen LogP contribution in [-0.4, -0.2) is 33.5 Å². The van der Waals surface area contributed by atoms with E-state index in [9.17, 15) is 0 Å². The Bertz CT molecular complexity index is 820. The quantitative estimate of drug-likeness (QED) is 0.594. The van der Waals surface area contributed by atoms with E-state index in [1.807, 2.05) is 30.3 Å². The molecule has 2 heterocycles. The van der Waals surface area contributed by atoms with Crippen molar-refractivity contribution in [2.75, 3.05) is 19.0 Å². The molecule has 7 heteroatoms. The fourth-order valence-corrected chi connectivity index (χ4v) is 2.41. The standard InChI is InChI=1S/C19H23N5O2/c1-3-4-11-26-17-6-5-15(12-18(17)25-2)13-21-19-22-14-24(23-19)16-7-9-20-10-8-16/h5-10,12,14H,3-4,11,13H2,1-2H3,(H,21,23). The zero-order valence-electron chi connectivity index (χ0n) is 15.1. The molecule has 3 aromatic rings. The summed E-state index contributed by atoms with van der Waals surface area (Å²) in [6.45, 7) is 3.42. The molecule has 0 saturated carbocycles. The van der Waals surface area contributed by atoms with Gasteiger partial charge in [-0.05, 0) is 36.2 Å². The number of hydrogen-bond donors (Lipinski definition) is 1. The predicted octanol–water partition coefficient (Wildman–Crippen LogP) is 3.46. The third kappa shape index (κ3) is 4.50. The summed E-state index contributed by atoms with van der Waals surface area (Å²) in [5.74, 6) is 2.06. The Labute approximate surface area is 153 Å². The van der Waals surface area contributed by atoms with Gasteiger partial charge in [-0.3, -0.25) is 4.98 Å². The molecule has 0 amide bonds. The van der Waals surface area contributed by atoms with Crippen molar-refractivity contribution in [2.24, 2.45) is 0 Å². The average Bonchev–Trinajstić information content (AvgIpc) is 3.17. The summed E-state index contributed by atoms with van der Waals surface area (Å²) in [7, 11) is 1.65. The molecule has 0 saturated heterocycles. The van der Waals surface area contributed by atoms with Gasteiger partial charge in [-0.2, -0.15) is 0 Å². The number of hydrogen-bond acceptors (Lipinski definition) is 6. The highest BCUT2D eigenvalue weighted by Gasteiger charge is 2.07. The van der Waals surface area contributed by atoms with Crippen LogP contribution < -0.4 is 14.8 Å². The molecule has 0 unspecified atom stereocenters. The Morgan fingerprint density at radius 1 is 1.12 bits per heavy atom. The molecule has 0 radical (unpaired) electrons. The highest BCUT2D eigenvalue weighted by molar-refractivity contribution is 5.44. The van der Waals surface area contributed by atoms with E-state index < -0.39 is 0 Å². The second-order valence-electron chi connectivity index (χ2n) is 5.76. The summed E-state index contributed by atoms with van der Waals surface area (Å²) in [5, 5.41) is 7.64. The van der Waals surface area contributed by atoms with Crippen molar-refractivity contribution in [3.8, 4) is 17.2 Å². The second-order valence-corrected chi connectivity index (χ2v) is 5.76. The van der Waals surface area contributed by atoms with Crippen LogP contribution in [0.5, 0.6) is 11.5 Å². The van der Waals surface area contributed by atoms with Gasteiger partial charge in [-0.1, -0.05) is 19.4 Å². The summed E-state index contributed by atoms with van der Waals surface area (Å²) >= 11 is 0. The highest BCUT2D eigenvalue weighted by Crippen LogP contribution is 2.28. The van der Waals surface area contributed by atoms with Crippen molar-refractivity contribution < 1.29 is 9.47 Å². The Kier molecular flexibility index (Phi) is 6.03. The van der Waals surface area contributed by atoms with Crippen molar-refractivity contribution in [1.29, 1.82) is 0 Å². The summed E-state index contributed by atoms with van der Waals surface area (Å²) in [4.78, 5) is 8.28.